The van der Waals surface area contributed by atoms with Crippen LogP contribution in [0.3, 0.4) is 0 Å². The smallest absolute Gasteiger partial charge is 0.233 e. The zero-order chi connectivity index (χ0) is 15.5. The highest BCUT2D eigenvalue weighted by Gasteiger charge is 2.52. The number of amidine groups is 1. The van der Waals surface area contributed by atoms with Gasteiger partial charge in [-0.1, -0.05) is 38.3 Å². The molecule has 0 saturated heterocycles. The molecule has 2 aliphatic carbocycles. The molecule has 2 rings (SSSR count). The Morgan fingerprint density at radius 2 is 2.05 bits per heavy atom. The second kappa shape index (κ2) is 6.67. The quantitative estimate of drug-likeness (QED) is 0.315. The van der Waals surface area contributed by atoms with Crippen LogP contribution in [0.2, 0.25) is 0 Å². The molecule has 4 N–H and O–H groups in total. The summed E-state index contributed by atoms with van der Waals surface area (Å²) in [7, 11) is 0. The van der Waals surface area contributed by atoms with Crippen LogP contribution in [0.1, 0.15) is 58.8 Å². The van der Waals surface area contributed by atoms with Crippen LogP contribution in [-0.2, 0) is 4.79 Å². The molecule has 2 atom stereocenters. The van der Waals surface area contributed by atoms with Crippen molar-refractivity contribution in [2.24, 2.45) is 34.1 Å². The Labute approximate surface area is 127 Å². The van der Waals surface area contributed by atoms with Gasteiger partial charge in [0.1, 0.15) is 5.41 Å². The Balaban J connectivity index is 1.80. The normalized spacial score (nSPS) is 36.9. The van der Waals surface area contributed by atoms with Crippen LogP contribution in [-0.4, -0.2) is 23.5 Å². The monoisotopic (exact) mass is 295 g/mol. The van der Waals surface area contributed by atoms with Gasteiger partial charge in [0.2, 0.25) is 5.91 Å². The summed E-state index contributed by atoms with van der Waals surface area (Å²) in [5.41, 5.74) is 4.98. The molecular formula is C16H29N3O2. The van der Waals surface area contributed by atoms with Crippen LogP contribution in [0.15, 0.2) is 5.16 Å². The minimum atomic E-state index is -0.770. The number of nitrogens with two attached hydrogens (primary N) is 1. The molecular weight excluding hydrogens is 266 g/mol. The standard InChI is InChI=1S/C16H29N3O2/c1-11-4-3-5-13(8-11)6-7-18-15(20)16(14(17)19-21)9-12(2)10-16/h11-13,21H,3-10H2,1-2H3,(H2,17,19)(H,18,20). The lowest BCUT2D eigenvalue weighted by atomic mass is 9.61. The molecule has 0 bridgehead atoms. The van der Waals surface area contributed by atoms with Crippen LogP contribution in [0.5, 0.6) is 0 Å². The van der Waals surface area contributed by atoms with E-state index in [-0.39, 0.29) is 11.7 Å². The summed E-state index contributed by atoms with van der Waals surface area (Å²) in [5.74, 6) is 1.99. The second-order valence-electron chi connectivity index (χ2n) is 7.26. The van der Waals surface area contributed by atoms with E-state index in [9.17, 15) is 4.79 Å². The summed E-state index contributed by atoms with van der Waals surface area (Å²) in [5, 5.41) is 15.0. The summed E-state index contributed by atoms with van der Waals surface area (Å²) >= 11 is 0. The van der Waals surface area contributed by atoms with Gasteiger partial charge in [0.15, 0.2) is 5.84 Å². The van der Waals surface area contributed by atoms with E-state index in [2.05, 4.69) is 24.3 Å². The zero-order valence-electron chi connectivity index (χ0n) is 13.3. The maximum atomic E-state index is 12.4. The van der Waals surface area contributed by atoms with E-state index >= 15 is 0 Å². The van der Waals surface area contributed by atoms with Gasteiger partial charge in [0.25, 0.3) is 0 Å². The highest BCUT2D eigenvalue weighted by molar-refractivity contribution is 6.07. The van der Waals surface area contributed by atoms with Crippen LogP contribution in [0, 0.1) is 23.2 Å². The molecule has 2 saturated carbocycles. The van der Waals surface area contributed by atoms with Crippen molar-refractivity contribution < 1.29 is 10.0 Å². The largest absolute Gasteiger partial charge is 0.409 e. The van der Waals surface area contributed by atoms with Gasteiger partial charge in [-0.05, 0) is 43.4 Å². The lowest BCUT2D eigenvalue weighted by Gasteiger charge is -2.43. The SMILES string of the molecule is CC1CCCC(CCNC(=O)C2(C(N)=NO)CC(C)C2)C1. The van der Waals surface area contributed by atoms with Crippen LogP contribution < -0.4 is 11.1 Å². The molecule has 0 aliphatic heterocycles. The average Bonchev–Trinajstić information content (AvgIpc) is 2.42. The third kappa shape index (κ3) is 3.50. The number of carbonyl (C=O) groups is 1. The first-order valence-electron chi connectivity index (χ1n) is 8.24. The molecule has 21 heavy (non-hydrogen) atoms. The number of hydrogen-bond donors (Lipinski definition) is 3. The van der Waals surface area contributed by atoms with Gasteiger partial charge in [0.05, 0.1) is 0 Å². The average molecular weight is 295 g/mol. The summed E-state index contributed by atoms with van der Waals surface area (Å²) in [4.78, 5) is 12.4. The molecule has 2 unspecified atom stereocenters. The fraction of sp³-hybridized carbons (Fsp3) is 0.875. The Morgan fingerprint density at radius 3 is 2.62 bits per heavy atom. The van der Waals surface area contributed by atoms with Gasteiger partial charge in [-0.15, -0.1) is 0 Å². The number of oxime groups is 1. The molecule has 0 heterocycles. The molecule has 0 aromatic heterocycles. The molecule has 1 amide bonds. The van der Waals surface area contributed by atoms with Crippen molar-refractivity contribution in [3.05, 3.63) is 0 Å². The molecule has 0 aromatic carbocycles. The first kappa shape index (κ1) is 16.1. The highest BCUT2D eigenvalue weighted by atomic mass is 16.4. The van der Waals surface area contributed by atoms with E-state index in [0.29, 0.717) is 25.3 Å². The predicted octanol–water partition coefficient (Wildman–Crippen LogP) is 2.48. The van der Waals surface area contributed by atoms with Crippen LogP contribution in [0.4, 0.5) is 0 Å². The lowest BCUT2D eigenvalue weighted by molar-refractivity contribution is -0.133. The molecule has 2 aliphatic rings. The fourth-order valence-corrected chi connectivity index (χ4v) is 4.12. The second-order valence-corrected chi connectivity index (χ2v) is 7.26. The Bertz CT molecular complexity index is 402. The molecule has 0 aromatic rings. The van der Waals surface area contributed by atoms with Gasteiger partial charge in [0, 0.05) is 6.54 Å². The van der Waals surface area contributed by atoms with Crippen LogP contribution in [0.25, 0.3) is 0 Å². The number of nitrogens with zero attached hydrogens (tertiary/aromatic N) is 1. The molecule has 2 fully saturated rings. The number of rotatable bonds is 5. The highest BCUT2D eigenvalue weighted by Crippen LogP contribution is 2.45. The van der Waals surface area contributed by atoms with Gasteiger partial charge >= 0.3 is 0 Å². The van der Waals surface area contributed by atoms with Crippen molar-refractivity contribution in [2.75, 3.05) is 6.54 Å². The van der Waals surface area contributed by atoms with Crippen molar-refractivity contribution in [2.45, 2.75) is 58.8 Å². The first-order chi connectivity index (χ1) is 9.98. The van der Waals surface area contributed by atoms with Crippen molar-refractivity contribution in [1.29, 1.82) is 0 Å². The van der Waals surface area contributed by atoms with E-state index < -0.39 is 5.41 Å². The van der Waals surface area contributed by atoms with E-state index in [1.54, 1.807) is 0 Å². The van der Waals surface area contributed by atoms with Crippen molar-refractivity contribution in [1.82, 2.24) is 5.32 Å². The Kier molecular flexibility index (Phi) is 5.12. The maximum absolute atomic E-state index is 12.4. The molecule has 0 spiro atoms. The lowest BCUT2D eigenvalue weighted by Crippen LogP contribution is -2.56. The number of nitrogens with one attached hydrogen (secondary N) is 1. The number of amides is 1. The van der Waals surface area contributed by atoms with E-state index in [4.69, 9.17) is 10.9 Å². The number of carbonyl (C=O) groups excluding carboxylic acids is 1. The van der Waals surface area contributed by atoms with E-state index in [1.807, 2.05) is 0 Å². The van der Waals surface area contributed by atoms with Crippen LogP contribution >= 0.6 is 0 Å². The Morgan fingerprint density at radius 1 is 1.33 bits per heavy atom. The van der Waals surface area contributed by atoms with Crippen molar-refractivity contribution in [3.8, 4) is 0 Å². The minimum Gasteiger partial charge on any atom is -0.409 e. The van der Waals surface area contributed by atoms with Gasteiger partial charge < -0.3 is 16.3 Å². The van der Waals surface area contributed by atoms with Crippen molar-refractivity contribution >= 4 is 11.7 Å². The van der Waals surface area contributed by atoms with Gasteiger partial charge in [-0.25, -0.2) is 0 Å². The number of hydrogen-bond acceptors (Lipinski definition) is 3. The topological polar surface area (TPSA) is 87.7 Å². The molecule has 5 nitrogen and oxygen atoms in total. The van der Waals surface area contributed by atoms with Gasteiger partial charge in [-0.2, -0.15) is 0 Å². The minimum absolute atomic E-state index is 0.0596. The fourth-order valence-electron chi connectivity index (χ4n) is 4.12. The molecule has 0 radical (unpaired) electrons. The van der Waals surface area contributed by atoms with Crippen molar-refractivity contribution in [3.63, 3.8) is 0 Å². The van der Waals surface area contributed by atoms with E-state index in [1.165, 1.54) is 25.7 Å². The maximum Gasteiger partial charge on any atom is 0.233 e. The summed E-state index contributed by atoms with van der Waals surface area (Å²) in [6.07, 6.45) is 7.60. The summed E-state index contributed by atoms with van der Waals surface area (Å²) in [6, 6.07) is 0. The summed E-state index contributed by atoms with van der Waals surface area (Å²) in [6.45, 7) is 5.10. The first-order valence-corrected chi connectivity index (χ1v) is 8.24. The zero-order valence-corrected chi connectivity index (χ0v) is 13.3. The third-order valence-electron chi connectivity index (χ3n) is 5.31. The van der Waals surface area contributed by atoms with E-state index in [0.717, 1.165) is 18.3 Å². The Hall–Kier alpha value is -1.26. The summed E-state index contributed by atoms with van der Waals surface area (Å²) < 4.78 is 0. The third-order valence-corrected chi connectivity index (χ3v) is 5.31. The van der Waals surface area contributed by atoms with Gasteiger partial charge in [-0.3, -0.25) is 4.79 Å². The molecule has 120 valence electrons. The predicted molar refractivity (Wildman–Crippen MR) is 83.0 cm³/mol. The molecule has 5 heteroatoms.